The van der Waals surface area contributed by atoms with E-state index in [0.29, 0.717) is 25.1 Å². The van der Waals surface area contributed by atoms with Gasteiger partial charge in [0, 0.05) is 24.7 Å². The molecule has 1 aliphatic carbocycles. The highest BCUT2D eigenvalue weighted by atomic mass is 19.3. The van der Waals surface area contributed by atoms with Gasteiger partial charge in [0.15, 0.2) is 5.76 Å². The summed E-state index contributed by atoms with van der Waals surface area (Å²) in [7, 11) is 0. The fourth-order valence-electron chi connectivity index (χ4n) is 4.81. The summed E-state index contributed by atoms with van der Waals surface area (Å²) in [6, 6.07) is 7.84. The molecule has 2 aliphatic rings. The number of alkyl halides is 2. The Kier molecular flexibility index (Phi) is 6.90. The van der Waals surface area contributed by atoms with Gasteiger partial charge in [0.2, 0.25) is 0 Å². The number of aromatic amines is 1. The maximum atomic E-state index is 15.2. The van der Waals surface area contributed by atoms with E-state index in [-0.39, 0.29) is 18.1 Å². The molecule has 1 aromatic heterocycles. The van der Waals surface area contributed by atoms with E-state index in [0.717, 1.165) is 11.1 Å². The van der Waals surface area contributed by atoms with Crippen molar-refractivity contribution >= 4 is 0 Å². The van der Waals surface area contributed by atoms with Crippen LogP contribution in [0, 0.1) is 18.8 Å². The SMILES string of the molecule is Cc1cccc(C(C)[C@H](O)/C=C/[C@@H]2[C@@H]3[C@H](C[C@H]2O)O/C(=C\CCCc2nnn[nH]2)C3(F)F)c1. The molecule has 0 amide bonds. The molecule has 1 saturated heterocycles. The van der Waals surface area contributed by atoms with Gasteiger partial charge in [-0.05, 0) is 41.8 Å². The number of benzene rings is 1. The Hall–Kier alpha value is -2.65. The lowest BCUT2D eigenvalue weighted by Crippen LogP contribution is -2.33. The third-order valence-electron chi connectivity index (χ3n) is 6.71. The zero-order valence-corrected chi connectivity index (χ0v) is 18.7. The summed E-state index contributed by atoms with van der Waals surface area (Å²) in [6.07, 6.45) is 3.67. The number of hydrogen-bond acceptors (Lipinski definition) is 6. The second kappa shape index (κ2) is 9.69. The van der Waals surface area contributed by atoms with Crippen LogP contribution in [0.25, 0.3) is 0 Å². The van der Waals surface area contributed by atoms with E-state index in [1.54, 1.807) is 6.08 Å². The van der Waals surface area contributed by atoms with Gasteiger partial charge in [-0.3, -0.25) is 0 Å². The molecule has 3 N–H and O–H groups in total. The number of fused-ring (bicyclic) bond motifs is 1. The van der Waals surface area contributed by atoms with Crippen LogP contribution in [0.4, 0.5) is 8.78 Å². The summed E-state index contributed by atoms with van der Waals surface area (Å²) in [4.78, 5) is 0. The molecular weight excluding hydrogens is 430 g/mol. The molecule has 2 aromatic rings. The number of tetrazole rings is 1. The van der Waals surface area contributed by atoms with Crippen molar-refractivity contribution < 1.29 is 23.7 Å². The third-order valence-corrected chi connectivity index (χ3v) is 6.71. The molecule has 4 rings (SSSR count). The van der Waals surface area contributed by atoms with Crippen LogP contribution in [0.3, 0.4) is 0 Å². The number of aliphatic hydroxyl groups is 2. The summed E-state index contributed by atoms with van der Waals surface area (Å²) < 4.78 is 36.1. The predicted octanol–water partition coefficient (Wildman–Crippen LogP) is 3.47. The Labute approximate surface area is 191 Å². The Morgan fingerprint density at radius 1 is 1.36 bits per heavy atom. The number of hydrogen-bond donors (Lipinski definition) is 3. The minimum Gasteiger partial charge on any atom is -0.488 e. The van der Waals surface area contributed by atoms with Crippen molar-refractivity contribution in [2.75, 3.05) is 0 Å². The van der Waals surface area contributed by atoms with Crippen LogP contribution >= 0.6 is 0 Å². The van der Waals surface area contributed by atoms with Gasteiger partial charge in [-0.25, -0.2) is 5.10 Å². The zero-order valence-electron chi connectivity index (χ0n) is 18.7. The van der Waals surface area contributed by atoms with E-state index >= 15 is 8.78 Å². The summed E-state index contributed by atoms with van der Waals surface area (Å²) in [5.74, 6) is -5.06. The molecule has 6 atom stereocenters. The quantitative estimate of drug-likeness (QED) is 0.412. The minimum absolute atomic E-state index is 0.139. The maximum Gasteiger partial charge on any atom is 0.310 e. The van der Waals surface area contributed by atoms with E-state index in [4.69, 9.17) is 4.74 Å². The number of aromatic nitrogens is 4. The second-order valence-electron chi connectivity index (χ2n) is 9.07. The fraction of sp³-hybridized carbons (Fsp3) is 0.542. The molecule has 0 spiro atoms. The Morgan fingerprint density at radius 2 is 2.18 bits per heavy atom. The third kappa shape index (κ3) is 4.99. The van der Waals surface area contributed by atoms with Crippen molar-refractivity contribution in [2.24, 2.45) is 11.8 Å². The molecule has 0 bridgehead atoms. The van der Waals surface area contributed by atoms with Crippen LogP contribution in [0.5, 0.6) is 0 Å². The number of nitrogens with zero attached hydrogens (tertiary/aromatic N) is 3. The van der Waals surface area contributed by atoms with Crippen LogP contribution in [0.15, 0.2) is 48.3 Å². The largest absolute Gasteiger partial charge is 0.488 e. The number of H-pyrrole nitrogens is 1. The number of ether oxygens (including phenoxy) is 1. The number of rotatable bonds is 8. The van der Waals surface area contributed by atoms with Gasteiger partial charge >= 0.3 is 5.92 Å². The van der Waals surface area contributed by atoms with Crippen molar-refractivity contribution in [3.63, 3.8) is 0 Å². The average Bonchev–Trinajstić information content (AvgIpc) is 3.46. The molecule has 9 heteroatoms. The van der Waals surface area contributed by atoms with Crippen molar-refractivity contribution in [3.8, 4) is 0 Å². The zero-order chi connectivity index (χ0) is 23.6. The molecule has 7 nitrogen and oxygen atoms in total. The van der Waals surface area contributed by atoms with Crippen molar-refractivity contribution in [2.45, 2.75) is 69.7 Å². The first kappa shape index (κ1) is 23.5. The van der Waals surface area contributed by atoms with Crippen LogP contribution < -0.4 is 0 Å². The molecule has 1 aromatic carbocycles. The van der Waals surface area contributed by atoms with Crippen molar-refractivity contribution in [3.05, 3.63) is 65.2 Å². The van der Waals surface area contributed by atoms with Crippen LogP contribution in [0.1, 0.15) is 49.1 Å². The monoisotopic (exact) mass is 460 g/mol. The first-order chi connectivity index (χ1) is 15.8. The maximum absolute atomic E-state index is 15.2. The predicted molar refractivity (Wildman–Crippen MR) is 117 cm³/mol. The number of unbranched alkanes of at least 4 members (excludes halogenated alkanes) is 1. The number of aliphatic hydroxyl groups excluding tert-OH is 2. The van der Waals surface area contributed by atoms with Gasteiger partial charge in [-0.2, -0.15) is 8.78 Å². The number of aryl methyl sites for hydroxylation is 2. The lowest BCUT2D eigenvalue weighted by atomic mass is 9.86. The van der Waals surface area contributed by atoms with E-state index < -0.39 is 36.1 Å². The Bertz CT molecular complexity index is 995. The number of nitrogens with one attached hydrogen (secondary N) is 1. The van der Waals surface area contributed by atoms with Crippen LogP contribution in [-0.4, -0.2) is 55.1 Å². The highest BCUT2D eigenvalue weighted by molar-refractivity contribution is 5.27. The summed E-state index contributed by atoms with van der Waals surface area (Å²) >= 11 is 0. The molecule has 1 unspecified atom stereocenters. The average molecular weight is 461 g/mol. The topological polar surface area (TPSA) is 104 Å². The molecular formula is C24H30F2N4O3. The second-order valence-corrected chi connectivity index (χ2v) is 9.07. The molecule has 0 radical (unpaired) electrons. The Morgan fingerprint density at radius 3 is 2.91 bits per heavy atom. The molecule has 1 saturated carbocycles. The van der Waals surface area contributed by atoms with Crippen LogP contribution in [-0.2, 0) is 11.2 Å². The van der Waals surface area contributed by atoms with Crippen molar-refractivity contribution in [1.29, 1.82) is 0 Å². The van der Waals surface area contributed by atoms with Crippen molar-refractivity contribution in [1.82, 2.24) is 20.6 Å². The van der Waals surface area contributed by atoms with Gasteiger partial charge < -0.3 is 14.9 Å². The molecule has 2 fully saturated rings. The fourth-order valence-corrected chi connectivity index (χ4v) is 4.81. The number of halogens is 2. The molecule has 1 aliphatic heterocycles. The van der Waals surface area contributed by atoms with E-state index in [2.05, 4.69) is 20.6 Å². The highest BCUT2D eigenvalue weighted by Gasteiger charge is 2.63. The lowest BCUT2D eigenvalue weighted by Gasteiger charge is -2.23. The van der Waals surface area contributed by atoms with Gasteiger partial charge in [-0.1, -0.05) is 48.9 Å². The summed E-state index contributed by atoms with van der Waals surface area (Å²) in [5, 5.41) is 34.5. The van der Waals surface area contributed by atoms with Crippen LogP contribution in [0.2, 0.25) is 0 Å². The van der Waals surface area contributed by atoms with Gasteiger partial charge in [0.05, 0.1) is 18.1 Å². The smallest absolute Gasteiger partial charge is 0.310 e. The first-order valence-electron chi connectivity index (χ1n) is 11.4. The molecule has 2 heterocycles. The van der Waals surface area contributed by atoms with Gasteiger partial charge in [0.1, 0.15) is 11.9 Å². The highest BCUT2D eigenvalue weighted by Crippen LogP contribution is 2.54. The Balaban J connectivity index is 1.41. The minimum atomic E-state index is -3.18. The summed E-state index contributed by atoms with van der Waals surface area (Å²) in [5.41, 5.74) is 2.06. The van der Waals surface area contributed by atoms with E-state index in [9.17, 15) is 10.2 Å². The number of allylic oxidation sites excluding steroid dienone is 2. The normalized spacial score (nSPS) is 29.3. The van der Waals surface area contributed by atoms with E-state index in [1.807, 2.05) is 38.1 Å². The molecule has 33 heavy (non-hydrogen) atoms. The first-order valence-corrected chi connectivity index (χ1v) is 11.4. The van der Waals surface area contributed by atoms with Gasteiger partial charge in [-0.15, -0.1) is 5.10 Å². The van der Waals surface area contributed by atoms with Gasteiger partial charge in [0.25, 0.3) is 0 Å². The standard InChI is InChI=1S/C24H30F2N4O3/c1-14-6-5-7-16(12-14)15(2)18(31)11-10-17-19(32)13-20-23(17)24(25,26)21(33-20)8-3-4-9-22-27-29-30-28-22/h5-8,10-12,15,17-20,23,31-32H,3-4,9,13H2,1-2H3,(H,27,28,29,30)/b11-10+,21-8-/t15?,17-,18+,19+,20-,23+/m0/s1. The molecule has 178 valence electrons. The summed E-state index contributed by atoms with van der Waals surface area (Å²) in [6.45, 7) is 3.87. The lowest BCUT2D eigenvalue weighted by molar-refractivity contribution is -0.0273. The van der Waals surface area contributed by atoms with E-state index in [1.165, 1.54) is 12.2 Å².